The van der Waals surface area contributed by atoms with Crippen molar-refractivity contribution in [3.8, 4) is 50.4 Å². The van der Waals surface area contributed by atoms with E-state index in [1.54, 1.807) is 11.3 Å². The van der Waals surface area contributed by atoms with Gasteiger partial charge in [0.25, 0.3) is 0 Å². The Labute approximate surface area is 314 Å². The van der Waals surface area contributed by atoms with E-state index in [-0.39, 0.29) is 0 Å². The molecule has 0 amide bonds. The lowest BCUT2D eigenvalue weighted by Crippen LogP contribution is -2.00. The molecule has 54 heavy (non-hydrogen) atoms. The fourth-order valence-electron chi connectivity index (χ4n) is 7.70. The summed E-state index contributed by atoms with van der Waals surface area (Å²) >= 11 is 1.74. The molecule has 252 valence electrons. The van der Waals surface area contributed by atoms with Gasteiger partial charge in [-0.25, -0.2) is 19.9 Å². The van der Waals surface area contributed by atoms with Gasteiger partial charge in [0.1, 0.15) is 5.01 Å². The molecule has 11 aromatic rings. The van der Waals surface area contributed by atoms with Gasteiger partial charge >= 0.3 is 0 Å². The fraction of sp³-hybridized carbons (Fsp3) is 0. The standard InChI is InChI=1S/C48H29N5S/c1-4-12-31(13-5-1)45-50-46(32-14-6-2-7-15-32)52-47(51-45)34-22-25-37-33(28-34)21-20-30-24-27-42-44(43(30)37)49-48(54-42)35-23-26-39-38-18-10-11-19-40(38)53(41(39)29-35)36-16-8-3-9-17-36/h1-29H. The van der Waals surface area contributed by atoms with Gasteiger partial charge in [-0.15, -0.1) is 11.3 Å². The number of para-hydroxylation sites is 2. The van der Waals surface area contributed by atoms with Crippen LogP contribution in [-0.2, 0) is 0 Å². The number of benzene rings is 8. The molecule has 0 radical (unpaired) electrons. The maximum atomic E-state index is 5.37. The molecule has 5 nitrogen and oxygen atoms in total. The maximum Gasteiger partial charge on any atom is 0.164 e. The van der Waals surface area contributed by atoms with Crippen LogP contribution in [0.1, 0.15) is 0 Å². The van der Waals surface area contributed by atoms with Crippen LogP contribution in [0.3, 0.4) is 0 Å². The van der Waals surface area contributed by atoms with Crippen molar-refractivity contribution in [2.24, 2.45) is 0 Å². The number of fused-ring (bicyclic) bond motifs is 8. The summed E-state index contributed by atoms with van der Waals surface area (Å²) < 4.78 is 3.52. The van der Waals surface area contributed by atoms with Gasteiger partial charge in [0.2, 0.25) is 0 Å². The van der Waals surface area contributed by atoms with Gasteiger partial charge in [0.05, 0.1) is 21.3 Å². The Morgan fingerprint density at radius 2 is 0.963 bits per heavy atom. The number of hydrogen-bond donors (Lipinski definition) is 0. The molecule has 0 unspecified atom stereocenters. The molecule has 0 aliphatic rings. The van der Waals surface area contributed by atoms with Gasteiger partial charge in [0.15, 0.2) is 17.5 Å². The summed E-state index contributed by atoms with van der Waals surface area (Å²) in [6, 6.07) is 61.5. The summed E-state index contributed by atoms with van der Waals surface area (Å²) in [7, 11) is 0. The molecule has 3 heterocycles. The van der Waals surface area contributed by atoms with E-state index in [0.717, 1.165) is 64.7 Å². The minimum Gasteiger partial charge on any atom is -0.309 e. The molecule has 0 spiro atoms. The lowest BCUT2D eigenvalue weighted by Gasteiger charge is -2.10. The van der Waals surface area contributed by atoms with Crippen molar-refractivity contribution < 1.29 is 0 Å². The molecule has 11 rings (SSSR count). The third-order valence-corrected chi connectivity index (χ3v) is 11.3. The van der Waals surface area contributed by atoms with Crippen LogP contribution >= 0.6 is 11.3 Å². The van der Waals surface area contributed by atoms with E-state index >= 15 is 0 Å². The normalized spacial score (nSPS) is 11.7. The van der Waals surface area contributed by atoms with Crippen LogP contribution in [0.2, 0.25) is 0 Å². The highest BCUT2D eigenvalue weighted by atomic mass is 32.1. The predicted octanol–water partition coefficient (Wildman–Crippen LogP) is 12.6. The molecule has 8 aromatic carbocycles. The van der Waals surface area contributed by atoms with Crippen molar-refractivity contribution in [2.75, 3.05) is 0 Å². The monoisotopic (exact) mass is 707 g/mol. The van der Waals surface area contributed by atoms with Crippen LogP contribution in [-0.4, -0.2) is 24.5 Å². The minimum absolute atomic E-state index is 0.641. The minimum atomic E-state index is 0.641. The third-order valence-electron chi connectivity index (χ3n) is 10.2. The summed E-state index contributed by atoms with van der Waals surface area (Å²) in [5.41, 5.74) is 8.48. The van der Waals surface area contributed by atoms with Gasteiger partial charge < -0.3 is 4.57 Å². The summed E-state index contributed by atoms with van der Waals surface area (Å²) in [5.74, 6) is 1.94. The first-order chi connectivity index (χ1) is 26.7. The largest absolute Gasteiger partial charge is 0.309 e. The van der Waals surface area contributed by atoms with E-state index in [1.165, 1.54) is 21.8 Å². The van der Waals surface area contributed by atoms with Crippen LogP contribution in [0, 0.1) is 0 Å². The second-order valence-corrected chi connectivity index (χ2v) is 14.5. The summed E-state index contributed by atoms with van der Waals surface area (Å²) in [6.07, 6.45) is 0. The first kappa shape index (κ1) is 30.6. The Kier molecular flexibility index (Phi) is 6.97. The smallest absolute Gasteiger partial charge is 0.164 e. The first-order valence-electron chi connectivity index (χ1n) is 18.0. The van der Waals surface area contributed by atoms with Gasteiger partial charge in [-0.2, -0.15) is 0 Å². The van der Waals surface area contributed by atoms with E-state index in [1.807, 2.05) is 60.7 Å². The molecule has 0 saturated carbocycles. The second kappa shape index (κ2) is 12.3. The molecule has 3 aromatic heterocycles. The maximum absolute atomic E-state index is 5.37. The van der Waals surface area contributed by atoms with Gasteiger partial charge in [-0.3, -0.25) is 0 Å². The molecule has 0 aliphatic carbocycles. The van der Waals surface area contributed by atoms with Crippen LogP contribution in [0.25, 0.3) is 104 Å². The Balaban J connectivity index is 1.06. The Bertz CT molecular complexity index is 3150. The molecule has 0 bridgehead atoms. The van der Waals surface area contributed by atoms with Gasteiger partial charge in [0, 0.05) is 44.1 Å². The molecular weight excluding hydrogens is 679 g/mol. The van der Waals surface area contributed by atoms with Crippen LogP contribution in [0.15, 0.2) is 176 Å². The average molecular weight is 708 g/mol. The van der Waals surface area contributed by atoms with E-state index in [4.69, 9.17) is 19.9 Å². The van der Waals surface area contributed by atoms with Crippen molar-refractivity contribution in [3.63, 3.8) is 0 Å². The van der Waals surface area contributed by atoms with Gasteiger partial charge in [-0.05, 0) is 52.6 Å². The number of aromatic nitrogens is 5. The van der Waals surface area contributed by atoms with Crippen LogP contribution < -0.4 is 0 Å². The number of nitrogens with zero attached hydrogens (tertiary/aromatic N) is 5. The van der Waals surface area contributed by atoms with Crippen molar-refractivity contribution >= 4 is 64.9 Å². The lowest BCUT2D eigenvalue weighted by atomic mass is 9.99. The van der Waals surface area contributed by atoms with E-state index in [9.17, 15) is 0 Å². The van der Waals surface area contributed by atoms with E-state index < -0.39 is 0 Å². The summed E-state index contributed by atoms with van der Waals surface area (Å²) in [6.45, 7) is 0. The molecule has 0 aliphatic heterocycles. The molecule has 0 N–H and O–H groups in total. The molecular formula is C48H29N5S. The molecule has 0 saturated heterocycles. The van der Waals surface area contributed by atoms with Crippen molar-refractivity contribution in [1.82, 2.24) is 24.5 Å². The van der Waals surface area contributed by atoms with E-state index in [2.05, 4.69) is 120 Å². The SMILES string of the molecule is c1ccc(-c2nc(-c3ccccc3)nc(-c3ccc4c(ccc5ccc6sc(-c7ccc8c9ccccc9n(-c9ccccc9)c8c7)nc6c54)c3)n2)cc1. The topological polar surface area (TPSA) is 56.5 Å². The average Bonchev–Trinajstić information content (AvgIpc) is 3.84. The Morgan fingerprint density at radius 1 is 0.389 bits per heavy atom. The predicted molar refractivity (Wildman–Crippen MR) is 224 cm³/mol. The van der Waals surface area contributed by atoms with Crippen molar-refractivity contribution in [2.45, 2.75) is 0 Å². The summed E-state index contributed by atoms with van der Waals surface area (Å²) in [4.78, 5) is 20.2. The fourth-order valence-corrected chi connectivity index (χ4v) is 8.67. The van der Waals surface area contributed by atoms with Crippen LogP contribution in [0.5, 0.6) is 0 Å². The Morgan fingerprint density at radius 3 is 1.70 bits per heavy atom. The van der Waals surface area contributed by atoms with E-state index in [0.29, 0.717) is 17.5 Å². The zero-order valence-corrected chi connectivity index (χ0v) is 29.7. The highest BCUT2D eigenvalue weighted by molar-refractivity contribution is 7.21. The summed E-state index contributed by atoms with van der Waals surface area (Å²) in [5, 5.41) is 8.06. The lowest BCUT2D eigenvalue weighted by molar-refractivity contribution is 1.07. The number of hydrogen-bond acceptors (Lipinski definition) is 5. The highest BCUT2D eigenvalue weighted by Gasteiger charge is 2.17. The Hall–Kier alpha value is -7.02. The number of rotatable bonds is 5. The first-order valence-corrected chi connectivity index (χ1v) is 18.8. The third kappa shape index (κ3) is 4.99. The molecule has 0 atom stereocenters. The zero-order valence-electron chi connectivity index (χ0n) is 28.9. The van der Waals surface area contributed by atoms with Crippen molar-refractivity contribution in [1.29, 1.82) is 0 Å². The quantitative estimate of drug-likeness (QED) is 0.167. The second-order valence-electron chi connectivity index (χ2n) is 13.5. The number of thiazole rings is 1. The van der Waals surface area contributed by atoms with Gasteiger partial charge in [-0.1, -0.05) is 140 Å². The zero-order chi connectivity index (χ0) is 35.6. The molecule has 0 fully saturated rings. The molecule has 6 heteroatoms. The highest BCUT2D eigenvalue weighted by Crippen LogP contribution is 2.40. The van der Waals surface area contributed by atoms with Crippen molar-refractivity contribution in [3.05, 3.63) is 176 Å². The van der Waals surface area contributed by atoms with Crippen LogP contribution in [0.4, 0.5) is 0 Å².